The van der Waals surface area contributed by atoms with E-state index in [-0.39, 0.29) is 12.6 Å². The summed E-state index contributed by atoms with van der Waals surface area (Å²) in [4.78, 5) is 11.5. The first kappa shape index (κ1) is 15.7. The molecule has 0 aliphatic rings. The lowest BCUT2D eigenvalue weighted by Gasteiger charge is -2.25. The summed E-state index contributed by atoms with van der Waals surface area (Å²) in [5, 5.41) is 11.6. The maximum absolute atomic E-state index is 11.5. The molecule has 0 aliphatic heterocycles. The molecule has 0 radical (unpaired) electrons. The van der Waals surface area contributed by atoms with Gasteiger partial charge in [-0.1, -0.05) is 0 Å². The van der Waals surface area contributed by atoms with Gasteiger partial charge in [-0.05, 0) is 44.7 Å². The Morgan fingerprint density at radius 1 is 1.44 bits per heavy atom. The highest BCUT2D eigenvalue weighted by Gasteiger charge is 2.31. The quantitative estimate of drug-likeness (QED) is 0.472. The monoisotopic (exact) mass is 249 g/mol. The minimum atomic E-state index is -0.577. The van der Waals surface area contributed by atoms with E-state index < -0.39 is 5.54 Å². The number of likely N-dealkylation sites (N-methyl/N-ethyl adjacent to an activating group) is 1. The number of methoxy groups -OCH3 is 1. The van der Waals surface area contributed by atoms with E-state index in [1.165, 1.54) is 7.11 Å². The molecule has 0 bridgehead atoms. The normalized spacial score (nSPS) is 14.5. The Hall–Kier alpha value is -0.260. The van der Waals surface area contributed by atoms with Crippen molar-refractivity contribution >= 4 is 17.7 Å². The molecule has 16 heavy (non-hydrogen) atoms. The van der Waals surface area contributed by atoms with E-state index in [4.69, 9.17) is 9.84 Å². The van der Waals surface area contributed by atoms with Gasteiger partial charge < -0.3 is 15.2 Å². The summed E-state index contributed by atoms with van der Waals surface area (Å²) < 4.78 is 4.76. The van der Waals surface area contributed by atoms with Crippen molar-refractivity contribution in [3.05, 3.63) is 0 Å². The Labute approximate surface area is 102 Å². The van der Waals surface area contributed by atoms with Crippen LogP contribution in [-0.4, -0.2) is 48.9 Å². The molecule has 1 unspecified atom stereocenters. The summed E-state index contributed by atoms with van der Waals surface area (Å²) in [6.07, 6.45) is 2.57. The van der Waals surface area contributed by atoms with Crippen LogP contribution in [0.3, 0.4) is 0 Å². The second-order valence-corrected chi connectivity index (χ2v) is 5.09. The molecule has 0 saturated carbocycles. The Bertz CT molecular complexity index is 202. The van der Waals surface area contributed by atoms with Gasteiger partial charge in [-0.25, -0.2) is 0 Å². The third-order valence-corrected chi connectivity index (χ3v) is 3.75. The van der Waals surface area contributed by atoms with Crippen LogP contribution in [-0.2, 0) is 9.53 Å². The van der Waals surface area contributed by atoms with E-state index in [0.29, 0.717) is 0 Å². The van der Waals surface area contributed by atoms with Crippen LogP contribution in [0.4, 0.5) is 0 Å². The van der Waals surface area contributed by atoms with Crippen LogP contribution in [0.25, 0.3) is 0 Å². The van der Waals surface area contributed by atoms with Crippen molar-refractivity contribution in [3.8, 4) is 0 Å². The number of carbonyl (C=O) groups is 1. The van der Waals surface area contributed by atoms with Crippen molar-refractivity contribution in [2.45, 2.75) is 31.7 Å². The second kappa shape index (κ2) is 8.84. The summed E-state index contributed by atoms with van der Waals surface area (Å²) >= 11 is 1.81. The van der Waals surface area contributed by atoms with Gasteiger partial charge in [0.15, 0.2) is 0 Å². The van der Waals surface area contributed by atoms with Gasteiger partial charge in [-0.15, -0.1) is 0 Å². The van der Waals surface area contributed by atoms with E-state index >= 15 is 0 Å². The van der Waals surface area contributed by atoms with Gasteiger partial charge in [0.2, 0.25) is 0 Å². The van der Waals surface area contributed by atoms with Gasteiger partial charge in [-0.2, -0.15) is 11.8 Å². The van der Waals surface area contributed by atoms with Crippen LogP contribution < -0.4 is 5.32 Å². The van der Waals surface area contributed by atoms with Gasteiger partial charge in [0.25, 0.3) is 0 Å². The van der Waals surface area contributed by atoms with Crippen LogP contribution in [0.1, 0.15) is 26.2 Å². The number of aliphatic hydroxyl groups is 1. The van der Waals surface area contributed by atoms with E-state index in [2.05, 4.69) is 5.32 Å². The molecular formula is C11H23NO3S. The zero-order valence-corrected chi connectivity index (χ0v) is 11.2. The maximum Gasteiger partial charge on any atom is 0.325 e. The average Bonchev–Trinajstić information content (AvgIpc) is 2.32. The summed E-state index contributed by atoms with van der Waals surface area (Å²) in [5.41, 5.74) is -0.577. The molecule has 0 amide bonds. The number of rotatable bonds is 9. The molecule has 0 saturated heterocycles. The molecule has 96 valence electrons. The zero-order valence-electron chi connectivity index (χ0n) is 10.4. The molecular weight excluding hydrogens is 226 g/mol. The molecule has 0 aromatic carbocycles. The van der Waals surface area contributed by atoms with Crippen LogP contribution in [0.15, 0.2) is 0 Å². The Morgan fingerprint density at radius 2 is 2.06 bits per heavy atom. The predicted octanol–water partition coefficient (Wildman–Crippen LogP) is 1.03. The first-order valence-electron chi connectivity index (χ1n) is 5.56. The van der Waals surface area contributed by atoms with Crippen LogP contribution in [0, 0.1) is 0 Å². The van der Waals surface area contributed by atoms with Crippen molar-refractivity contribution < 1.29 is 14.6 Å². The minimum absolute atomic E-state index is 0.213. The summed E-state index contributed by atoms with van der Waals surface area (Å²) in [5.74, 6) is 1.77. The second-order valence-electron chi connectivity index (χ2n) is 3.87. The Kier molecular flexibility index (Phi) is 8.70. The fourth-order valence-electron chi connectivity index (χ4n) is 1.35. The van der Waals surface area contributed by atoms with E-state index in [1.54, 1.807) is 7.05 Å². The van der Waals surface area contributed by atoms with Gasteiger partial charge >= 0.3 is 5.97 Å². The molecule has 0 heterocycles. The van der Waals surface area contributed by atoms with Gasteiger partial charge in [0, 0.05) is 6.61 Å². The van der Waals surface area contributed by atoms with Crippen LogP contribution in [0.5, 0.6) is 0 Å². The summed E-state index contributed by atoms with van der Waals surface area (Å²) in [7, 11) is 3.18. The van der Waals surface area contributed by atoms with Crippen LogP contribution in [0.2, 0.25) is 0 Å². The molecule has 0 aromatic rings. The van der Waals surface area contributed by atoms with E-state index in [1.807, 2.05) is 18.7 Å². The lowest BCUT2D eigenvalue weighted by atomic mass is 9.97. The third kappa shape index (κ3) is 5.72. The van der Waals surface area contributed by atoms with E-state index in [0.717, 1.165) is 30.8 Å². The highest BCUT2D eigenvalue weighted by atomic mass is 32.2. The number of ether oxygens (including phenoxy) is 1. The lowest BCUT2D eigenvalue weighted by molar-refractivity contribution is -0.148. The van der Waals surface area contributed by atoms with Gasteiger partial charge in [0.1, 0.15) is 5.54 Å². The van der Waals surface area contributed by atoms with Gasteiger partial charge in [0.05, 0.1) is 7.11 Å². The molecule has 0 aliphatic carbocycles. The van der Waals surface area contributed by atoms with Crippen LogP contribution >= 0.6 is 11.8 Å². The summed E-state index contributed by atoms with van der Waals surface area (Å²) in [6.45, 7) is 2.11. The number of thioether (sulfide) groups is 1. The predicted molar refractivity (Wildman–Crippen MR) is 67.7 cm³/mol. The van der Waals surface area contributed by atoms with E-state index in [9.17, 15) is 4.79 Å². The number of esters is 1. The zero-order chi connectivity index (χ0) is 12.4. The topological polar surface area (TPSA) is 58.6 Å². The molecule has 0 aromatic heterocycles. The Balaban J connectivity index is 3.74. The standard InChI is InChI=1S/C11H23NO3S/c1-11(12-2,10(14)15-3)6-4-8-16-9-5-7-13/h12-13H,4-9H2,1-3H3. The Morgan fingerprint density at radius 3 is 2.56 bits per heavy atom. The number of hydrogen-bond donors (Lipinski definition) is 2. The third-order valence-electron chi connectivity index (χ3n) is 2.60. The summed E-state index contributed by atoms with van der Waals surface area (Å²) in [6, 6.07) is 0. The average molecular weight is 249 g/mol. The number of hydrogen-bond acceptors (Lipinski definition) is 5. The molecule has 0 fully saturated rings. The highest BCUT2D eigenvalue weighted by molar-refractivity contribution is 7.99. The molecule has 0 rings (SSSR count). The fraction of sp³-hybridized carbons (Fsp3) is 0.909. The van der Waals surface area contributed by atoms with Crippen molar-refractivity contribution in [2.75, 3.05) is 32.3 Å². The largest absolute Gasteiger partial charge is 0.468 e. The first-order valence-corrected chi connectivity index (χ1v) is 6.72. The minimum Gasteiger partial charge on any atom is -0.468 e. The first-order chi connectivity index (χ1) is 7.60. The maximum atomic E-state index is 11.5. The molecule has 0 spiro atoms. The van der Waals surface area contributed by atoms with Crippen molar-refractivity contribution in [1.82, 2.24) is 5.32 Å². The number of carbonyl (C=O) groups excluding carboxylic acids is 1. The van der Waals surface area contributed by atoms with Crippen molar-refractivity contribution in [3.63, 3.8) is 0 Å². The number of nitrogens with one attached hydrogen (secondary N) is 1. The SMILES string of the molecule is CNC(C)(CCCSCCCO)C(=O)OC. The molecule has 5 heteroatoms. The smallest absolute Gasteiger partial charge is 0.325 e. The molecule has 2 N–H and O–H groups in total. The molecule has 4 nitrogen and oxygen atoms in total. The van der Waals surface area contributed by atoms with Gasteiger partial charge in [-0.3, -0.25) is 4.79 Å². The highest BCUT2D eigenvalue weighted by Crippen LogP contribution is 2.16. The lowest BCUT2D eigenvalue weighted by Crippen LogP contribution is -2.48. The van der Waals surface area contributed by atoms with Crippen molar-refractivity contribution in [1.29, 1.82) is 0 Å². The van der Waals surface area contributed by atoms with Crippen molar-refractivity contribution in [2.24, 2.45) is 0 Å². The number of aliphatic hydroxyl groups excluding tert-OH is 1. The molecule has 1 atom stereocenters. The fourth-order valence-corrected chi connectivity index (χ4v) is 2.24.